The molecule has 4 aromatic rings. The summed E-state index contributed by atoms with van der Waals surface area (Å²) in [6.07, 6.45) is 1.76. The van der Waals surface area contributed by atoms with E-state index in [9.17, 15) is 4.79 Å². The van der Waals surface area contributed by atoms with Crippen molar-refractivity contribution in [2.75, 3.05) is 0 Å². The van der Waals surface area contributed by atoms with Gasteiger partial charge in [-0.05, 0) is 23.1 Å². The molecule has 1 N–H and O–H groups in total. The molecule has 0 unspecified atom stereocenters. The maximum Gasteiger partial charge on any atom is 0.260 e. The molecule has 2 heterocycles. The van der Waals surface area contributed by atoms with E-state index in [0.717, 1.165) is 34.6 Å². The van der Waals surface area contributed by atoms with Gasteiger partial charge in [-0.3, -0.25) is 4.79 Å². The molecule has 0 radical (unpaired) electrons. The van der Waals surface area contributed by atoms with Gasteiger partial charge in [0.1, 0.15) is 10.7 Å². The molecule has 0 saturated carbocycles. The Balaban J connectivity index is 1.76. The van der Waals surface area contributed by atoms with E-state index in [2.05, 4.69) is 53.3 Å². The van der Waals surface area contributed by atoms with E-state index in [1.165, 1.54) is 22.5 Å². The Hall–Kier alpha value is -2.72. The third-order valence-electron chi connectivity index (χ3n) is 4.28. The average molecular weight is 346 g/mol. The molecule has 2 aromatic heterocycles. The number of thiophene rings is 1. The highest BCUT2D eigenvalue weighted by Crippen LogP contribution is 2.32. The topological polar surface area (TPSA) is 45.8 Å². The monoisotopic (exact) mass is 346 g/mol. The van der Waals surface area contributed by atoms with Gasteiger partial charge < -0.3 is 4.98 Å². The van der Waals surface area contributed by atoms with Crippen LogP contribution in [0.1, 0.15) is 19.2 Å². The lowest BCUT2D eigenvalue weighted by atomic mass is 10.0. The predicted molar refractivity (Wildman–Crippen MR) is 105 cm³/mol. The van der Waals surface area contributed by atoms with Crippen LogP contribution in [0.3, 0.4) is 0 Å². The first-order valence-corrected chi connectivity index (χ1v) is 9.30. The van der Waals surface area contributed by atoms with Crippen LogP contribution in [0.5, 0.6) is 0 Å². The van der Waals surface area contributed by atoms with Crippen molar-refractivity contribution in [3.05, 3.63) is 76.2 Å². The second-order valence-electron chi connectivity index (χ2n) is 6.04. The van der Waals surface area contributed by atoms with Crippen LogP contribution in [-0.2, 0) is 6.42 Å². The van der Waals surface area contributed by atoms with Crippen LogP contribution < -0.4 is 5.56 Å². The first-order valence-electron chi connectivity index (χ1n) is 8.42. The van der Waals surface area contributed by atoms with Crippen LogP contribution in [0.2, 0.25) is 0 Å². The molecule has 4 rings (SSSR count). The molecule has 0 amide bonds. The highest BCUT2D eigenvalue weighted by molar-refractivity contribution is 7.17. The second kappa shape index (κ2) is 6.65. The Morgan fingerprint density at radius 2 is 1.64 bits per heavy atom. The molecule has 124 valence electrons. The maximum atomic E-state index is 12.5. The Morgan fingerprint density at radius 1 is 0.960 bits per heavy atom. The van der Waals surface area contributed by atoms with E-state index in [1.807, 2.05) is 23.6 Å². The third-order valence-corrected chi connectivity index (χ3v) is 5.16. The van der Waals surface area contributed by atoms with Crippen molar-refractivity contribution in [3.8, 4) is 22.3 Å². The molecule has 0 bridgehead atoms. The number of aryl methyl sites for hydroxylation is 1. The number of rotatable bonds is 4. The number of hydrogen-bond acceptors (Lipinski definition) is 3. The number of benzene rings is 2. The lowest BCUT2D eigenvalue weighted by Gasteiger charge is -2.04. The van der Waals surface area contributed by atoms with E-state index >= 15 is 0 Å². The van der Waals surface area contributed by atoms with E-state index < -0.39 is 0 Å². The van der Waals surface area contributed by atoms with E-state index in [1.54, 1.807) is 0 Å². The van der Waals surface area contributed by atoms with E-state index in [-0.39, 0.29) is 5.56 Å². The largest absolute Gasteiger partial charge is 0.310 e. The van der Waals surface area contributed by atoms with Crippen LogP contribution in [-0.4, -0.2) is 9.97 Å². The smallest absolute Gasteiger partial charge is 0.260 e. The summed E-state index contributed by atoms with van der Waals surface area (Å²) < 4.78 is 0. The quantitative estimate of drug-likeness (QED) is 0.547. The molecule has 0 atom stereocenters. The molecule has 0 saturated heterocycles. The summed E-state index contributed by atoms with van der Waals surface area (Å²) in [5.74, 6) is 0.771. The average Bonchev–Trinajstić information content (AvgIpc) is 3.07. The van der Waals surface area contributed by atoms with Crippen molar-refractivity contribution in [1.82, 2.24) is 9.97 Å². The number of fused-ring (bicyclic) bond motifs is 1. The second-order valence-corrected chi connectivity index (χ2v) is 6.89. The molecular weight excluding hydrogens is 328 g/mol. The Kier molecular flexibility index (Phi) is 4.20. The first kappa shape index (κ1) is 15.8. The molecule has 0 aliphatic carbocycles. The van der Waals surface area contributed by atoms with Crippen molar-refractivity contribution in [1.29, 1.82) is 0 Å². The SMILES string of the molecule is CCCc1nc2scc(-c3ccc(-c4ccccc4)cc3)c2c(=O)[nH]1. The maximum absolute atomic E-state index is 12.5. The molecule has 0 fully saturated rings. The highest BCUT2D eigenvalue weighted by atomic mass is 32.1. The Bertz CT molecular complexity index is 1060. The van der Waals surface area contributed by atoms with Gasteiger partial charge in [-0.25, -0.2) is 4.98 Å². The fourth-order valence-corrected chi connectivity index (χ4v) is 4.00. The van der Waals surface area contributed by atoms with Crippen molar-refractivity contribution in [2.45, 2.75) is 19.8 Å². The van der Waals surface area contributed by atoms with Crippen LogP contribution in [0.15, 0.2) is 64.8 Å². The molecule has 25 heavy (non-hydrogen) atoms. The molecule has 0 aliphatic heterocycles. The molecule has 2 aromatic carbocycles. The summed E-state index contributed by atoms with van der Waals surface area (Å²) in [7, 11) is 0. The summed E-state index contributed by atoms with van der Waals surface area (Å²) in [6, 6.07) is 18.6. The normalized spacial score (nSPS) is 11.1. The van der Waals surface area contributed by atoms with Gasteiger partial charge in [0.2, 0.25) is 0 Å². The van der Waals surface area contributed by atoms with Gasteiger partial charge in [-0.1, -0.05) is 61.5 Å². The summed E-state index contributed by atoms with van der Waals surface area (Å²) in [6.45, 7) is 2.08. The predicted octanol–water partition coefficient (Wildman–Crippen LogP) is 5.27. The van der Waals surface area contributed by atoms with Crippen LogP contribution in [0.4, 0.5) is 0 Å². The third kappa shape index (κ3) is 3.01. The number of aromatic nitrogens is 2. The van der Waals surface area contributed by atoms with E-state index in [4.69, 9.17) is 0 Å². The van der Waals surface area contributed by atoms with Gasteiger partial charge in [-0.15, -0.1) is 11.3 Å². The van der Waals surface area contributed by atoms with Gasteiger partial charge >= 0.3 is 0 Å². The van der Waals surface area contributed by atoms with Gasteiger partial charge in [0, 0.05) is 17.4 Å². The van der Waals surface area contributed by atoms with Crippen molar-refractivity contribution >= 4 is 21.6 Å². The highest BCUT2D eigenvalue weighted by Gasteiger charge is 2.12. The minimum absolute atomic E-state index is 0.0446. The molecule has 0 spiro atoms. The number of H-pyrrole nitrogens is 1. The van der Waals surface area contributed by atoms with E-state index in [0.29, 0.717) is 5.39 Å². The summed E-state index contributed by atoms with van der Waals surface area (Å²) in [5.41, 5.74) is 4.31. The van der Waals surface area contributed by atoms with Gasteiger partial charge in [0.25, 0.3) is 5.56 Å². The van der Waals surface area contributed by atoms with Crippen LogP contribution in [0.25, 0.3) is 32.5 Å². The Labute approximate surface area is 150 Å². The molecule has 3 nitrogen and oxygen atoms in total. The lowest BCUT2D eigenvalue weighted by molar-refractivity contribution is 0.838. The fraction of sp³-hybridized carbons (Fsp3) is 0.143. The zero-order valence-corrected chi connectivity index (χ0v) is 14.8. The minimum Gasteiger partial charge on any atom is -0.310 e. The number of hydrogen-bond donors (Lipinski definition) is 1. The summed E-state index contributed by atoms with van der Waals surface area (Å²) >= 11 is 1.53. The lowest BCUT2D eigenvalue weighted by Crippen LogP contribution is -2.11. The van der Waals surface area contributed by atoms with Gasteiger partial charge in [0.15, 0.2) is 0 Å². The van der Waals surface area contributed by atoms with Crippen LogP contribution in [0, 0.1) is 0 Å². The fourth-order valence-electron chi connectivity index (χ4n) is 3.03. The number of nitrogens with one attached hydrogen (secondary N) is 1. The Morgan fingerprint density at radius 3 is 2.36 bits per heavy atom. The zero-order chi connectivity index (χ0) is 17.2. The van der Waals surface area contributed by atoms with Crippen LogP contribution >= 0.6 is 11.3 Å². The standard InChI is InChI=1S/C21H18N2OS/c1-2-6-18-22-20(24)19-17(13-25-21(19)23-18)16-11-9-15(10-12-16)14-7-4-3-5-8-14/h3-5,7-13H,2,6H2,1H3,(H,22,23,24). The first-order chi connectivity index (χ1) is 12.3. The molecular formula is C21H18N2OS. The number of nitrogens with zero attached hydrogens (tertiary/aromatic N) is 1. The van der Waals surface area contributed by atoms with Crippen molar-refractivity contribution in [3.63, 3.8) is 0 Å². The summed E-state index contributed by atoms with van der Waals surface area (Å²) in [4.78, 5) is 20.9. The zero-order valence-electron chi connectivity index (χ0n) is 14.0. The number of aromatic amines is 1. The van der Waals surface area contributed by atoms with Crippen molar-refractivity contribution < 1.29 is 0 Å². The van der Waals surface area contributed by atoms with Gasteiger partial charge in [-0.2, -0.15) is 0 Å². The van der Waals surface area contributed by atoms with Gasteiger partial charge in [0.05, 0.1) is 5.39 Å². The molecule has 4 heteroatoms. The minimum atomic E-state index is -0.0446. The van der Waals surface area contributed by atoms with Crippen molar-refractivity contribution in [2.24, 2.45) is 0 Å². The summed E-state index contributed by atoms with van der Waals surface area (Å²) in [5, 5.41) is 2.72. The molecule has 0 aliphatic rings.